The summed E-state index contributed by atoms with van der Waals surface area (Å²) < 4.78 is 32.9. The van der Waals surface area contributed by atoms with E-state index in [0.29, 0.717) is 36.7 Å². The zero-order valence-corrected chi connectivity index (χ0v) is 23.8. The van der Waals surface area contributed by atoms with Crippen molar-refractivity contribution in [2.75, 3.05) is 17.5 Å². The van der Waals surface area contributed by atoms with E-state index in [1.165, 1.54) is 16.7 Å². The summed E-state index contributed by atoms with van der Waals surface area (Å²) in [5.74, 6) is 0.407. The first-order chi connectivity index (χ1) is 19.2. The number of hydrogen-bond donors (Lipinski definition) is 2. The zero-order chi connectivity index (χ0) is 28.2. The van der Waals surface area contributed by atoms with E-state index in [1.54, 1.807) is 12.1 Å². The molecule has 1 atom stereocenters. The van der Waals surface area contributed by atoms with Gasteiger partial charge in [-0.15, -0.1) is 0 Å². The molecule has 0 unspecified atom stereocenters. The number of benzene rings is 4. The molecule has 5 rings (SSSR count). The highest BCUT2D eigenvalue weighted by atomic mass is 32.2. The van der Waals surface area contributed by atoms with Crippen LogP contribution in [0.5, 0.6) is 5.75 Å². The highest BCUT2D eigenvalue weighted by molar-refractivity contribution is 7.92. The molecule has 0 saturated heterocycles. The van der Waals surface area contributed by atoms with E-state index < -0.39 is 16.1 Å². The quantitative estimate of drug-likeness (QED) is 0.247. The average Bonchev–Trinajstić information content (AvgIpc) is 3.29. The van der Waals surface area contributed by atoms with Crippen molar-refractivity contribution in [3.63, 3.8) is 0 Å². The van der Waals surface area contributed by atoms with Crippen molar-refractivity contribution >= 4 is 15.7 Å². The van der Waals surface area contributed by atoms with Crippen LogP contribution >= 0.6 is 0 Å². The number of aliphatic hydroxyl groups is 1. The van der Waals surface area contributed by atoms with Crippen LogP contribution in [0.15, 0.2) is 103 Å². The van der Waals surface area contributed by atoms with E-state index in [0.717, 1.165) is 24.7 Å². The Morgan fingerprint density at radius 2 is 1.45 bits per heavy atom. The van der Waals surface area contributed by atoms with Gasteiger partial charge in [-0.3, -0.25) is 9.62 Å². The van der Waals surface area contributed by atoms with Crippen LogP contribution in [0.4, 0.5) is 5.69 Å². The number of rotatable bonds is 11. The largest absolute Gasteiger partial charge is 0.487 e. The molecule has 0 radical (unpaired) electrons. The van der Waals surface area contributed by atoms with Gasteiger partial charge in [0.15, 0.2) is 0 Å². The molecule has 0 aliphatic heterocycles. The lowest BCUT2D eigenvalue weighted by molar-refractivity contribution is 0.0391. The molecular formula is C33H36N2O4S. The molecule has 1 aliphatic rings. The fourth-order valence-electron chi connectivity index (χ4n) is 5.50. The third-order valence-electron chi connectivity index (χ3n) is 7.55. The van der Waals surface area contributed by atoms with Crippen LogP contribution in [0.3, 0.4) is 0 Å². The summed E-state index contributed by atoms with van der Waals surface area (Å²) in [5.41, 5.74) is 5.59. The van der Waals surface area contributed by atoms with E-state index in [2.05, 4.69) is 52.9 Å². The number of sulfonamides is 1. The molecule has 0 aromatic heterocycles. The smallest absolute Gasteiger partial charge is 0.229 e. The molecule has 6 nitrogen and oxygen atoms in total. The Kier molecular flexibility index (Phi) is 8.26. The predicted molar refractivity (Wildman–Crippen MR) is 160 cm³/mol. The van der Waals surface area contributed by atoms with Crippen molar-refractivity contribution in [3.8, 4) is 5.75 Å². The van der Waals surface area contributed by atoms with Crippen LogP contribution in [0.2, 0.25) is 0 Å². The van der Waals surface area contributed by atoms with Crippen LogP contribution in [0.25, 0.3) is 0 Å². The Labute approximate surface area is 237 Å². The Hall–Kier alpha value is -3.65. The van der Waals surface area contributed by atoms with E-state index in [1.807, 2.05) is 54.6 Å². The first-order valence-corrected chi connectivity index (χ1v) is 15.4. The maximum absolute atomic E-state index is 12.2. The van der Waals surface area contributed by atoms with Crippen molar-refractivity contribution in [2.24, 2.45) is 0 Å². The van der Waals surface area contributed by atoms with Gasteiger partial charge in [0.1, 0.15) is 12.4 Å². The van der Waals surface area contributed by atoms with Gasteiger partial charge in [-0.2, -0.15) is 0 Å². The molecule has 0 saturated carbocycles. The van der Waals surface area contributed by atoms with Gasteiger partial charge in [0, 0.05) is 18.6 Å². The van der Waals surface area contributed by atoms with Crippen molar-refractivity contribution < 1.29 is 18.3 Å². The van der Waals surface area contributed by atoms with E-state index in [9.17, 15) is 13.5 Å². The number of nitrogens with one attached hydrogen (secondary N) is 1. The van der Waals surface area contributed by atoms with Crippen LogP contribution < -0.4 is 9.46 Å². The fourth-order valence-corrected chi connectivity index (χ4v) is 6.06. The van der Waals surface area contributed by atoms with E-state index in [-0.39, 0.29) is 5.54 Å². The molecule has 2 N–H and O–H groups in total. The van der Waals surface area contributed by atoms with Crippen LogP contribution in [-0.2, 0) is 36.0 Å². The average molecular weight is 557 g/mol. The second-order valence-electron chi connectivity index (χ2n) is 10.9. The van der Waals surface area contributed by atoms with Crippen molar-refractivity contribution in [3.05, 3.63) is 131 Å². The molecule has 0 bridgehead atoms. The predicted octanol–water partition coefficient (Wildman–Crippen LogP) is 5.73. The highest BCUT2D eigenvalue weighted by Gasteiger charge is 2.39. The highest BCUT2D eigenvalue weighted by Crippen LogP contribution is 2.37. The molecule has 1 aliphatic carbocycles. The molecule has 0 spiro atoms. The third-order valence-corrected chi connectivity index (χ3v) is 8.15. The maximum Gasteiger partial charge on any atom is 0.229 e. The number of hydrogen-bond acceptors (Lipinski definition) is 5. The third kappa shape index (κ3) is 6.91. The number of nitrogens with zero attached hydrogens (tertiary/aromatic N) is 1. The Balaban J connectivity index is 1.40. The number of ether oxygens (including phenoxy) is 1. The lowest BCUT2D eigenvalue weighted by Crippen LogP contribution is -2.48. The van der Waals surface area contributed by atoms with Gasteiger partial charge in [0.2, 0.25) is 10.0 Å². The molecule has 208 valence electrons. The summed E-state index contributed by atoms with van der Waals surface area (Å²) in [7, 11) is -3.56. The molecule has 4 aromatic carbocycles. The van der Waals surface area contributed by atoms with Crippen LogP contribution in [-0.4, -0.2) is 36.8 Å². The van der Waals surface area contributed by atoms with Crippen LogP contribution in [0, 0.1) is 0 Å². The Morgan fingerprint density at radius 1 is 0.875 bits per heavy atom. The SMILES string of the molecule is CC1(N(Cc2ccccc2)C[C@H](O)c2ccc(OCc3ccccc3)c(NS(C)(=O)=O)c2)Cc2ccccc2C1. The summed E-state index contributed by atoms with van der Waals surface area (Å²) in [6, 6.07) is 33.7. The van der Waals surface area contributed by atoms with E-state index in [4.69, 9.17) is 4.74 Å². The molecule has 0 amide bonds. The van der Waals surface area contributed by atoms with Gasteiger partial charge < -0.3 is 9.84 Å². The molecule has 7 heteroatoms. The number of anilines is 1. The minimum absolute atomic E-state index is 0.174. The summed E-state index contributed by atoms with van der Waals surface area (Å²) >= 11 is 0. The minimum Gasteiger partial charge on any atom is -0.487 e. The lowest BCUT2D eigenvalue weighted by Gasteiger charge is -2.40. The monoisotopic (exact) mass is 556 g/mol. The van der Waals surface area contributed by atoms with Gasteiger partial charge in [0.05, 0.1) is 18.0 Å². The van der Waals surface area contributed by atoms with Gasteiger partial charge in [-0.05, 0) is 59.7 Å². The Morgan fingerprint density at radius 3 is 2.05 bits per heavy atom. The second kappa shape index (κ2) is 11.8. The molecule has 4 aromatic rings. The first kappa shape index (κ1) is 27.9. The molecular weight excluding hydrogens is 520 g/mol. The summed E-state index contributed by atoms with van der Waals surface area (Å²) in [6.45, 7) is 3.64. The minimum atomic E-state index is -3.56. The number of fused-ring (bicyclic) bond motifs is 1. The summed E-state index contributed by atoms with van der Waals surface area (Å²) in [5, 5.41) is 11.5. The maximum atomic E-state index is 12.2. The van der Waals surface area contributed by atoms with E-state index >= 15 is 0 Å². The molecule has 40 heavy (non-hydrogen) atoms. The summed E-state index contributed by atoms with van der Waals surface area (Å²) in [6.07, 6.45) is 2.07. The number of β-amino-alcohol motifs (C(OH)–C–C–N with tert-alkyl or cyclic N) is 1. The molecule has 0 fully saturated rings. The lowest BCUT2D eigenvalue weighted by atomic mass is 9.93. The standard InChI is InChI=1S/C33H36N2O4S/c1-33(20-28-15-9-10-16-29(28)21-33)35(22-25-11-5-3-6-12-25)23-31(36)27-17-18-32(30(19-27)34-40(2,37)38)39-24-26-13-7-4-8-14-26/h3-19,31,34,36H,20-24H2,1-2H3/t31-/m0/s1. The second-order valence-corrected chi connectivity index (χ2v) is 12.7. The topological polar surface area (TPSA) is 78.9 Å². The van der Waals surface area contributed by atoms with Crippen molar-refractivity contribution in [1.82, 2.24) is 4.90 Å². The number of aliphatic hydroxyl groups excluding tert-OH is 1. The normalized spacial score (nSPS) is 15.0. The molecule has 0 heterocycles. The van der Waals surface area contributed by atoms with Gasteiger partial charge >= 0.3 is 0 Å². The Bertz CT molecular complexity index is 1520. The van der Waals surface area contributed by atoms with Gasteiger partial charge in [0.25, 0.3) is 0 Å². The zero-order valence-electron chi connectivity index (χ0n) is 23.0. The van der Waals surface area contributed by atoms with Gasteiger partial charge in [-0.1, -0.05) is 91.0 Å². The van der Waals surface area contributed by atoms with Gasteiger partial charge in [-0.25, -0.2) is 8.42 Å². The van der Waals surface area contributed by atoms with Crippen molar-refractivity contribution in [1.29, 1.82) is 0 Å². The van der Waals surface area contributed by atoms with Crippen molar-refractivity contribution in [2.45, 2.75) is 44.6 Å². The fraction of sp³-hybridized carbons (Fsp3) is 0.273. The first-order valence-electron chi connectivity index (χ1n) is 13.5. The summed E-state index contributed by atoms with van der Waals surface area (Å²) in [4.78, 5) is 2.36. The van der Waals surface area contributed by atoms with Crippen LogP contribution in [0.1, 0.15) is 40.8 Å².